The van der Waals surface area contributed by atoms with E-state index in [1.807, 2.05) is 0 Å². The van der Waals surface area contributed by atoms with Crippen LogP contribution in [0.3, 0.4) is 0 Å². The number of benzene rings is 1. The van der Waals surface area contributed by atoms with Gasteiger partial charge in [0, 0.05) is 30.5 Å². The largest absolute Gasteiger partial charge is 0.506 e. The van der Waals surface area contributed by atoms with E-state index in [4.69, 9.17) is 9.47 Å². The lowest BCUT2D eigenvalue weighted by Crippen LogP contribution is -2.41. The number of ether oxygens (including phenoxy) is 2. The van der Waals surface area contributed by atoms with E-state index in [9.17, 15) is 24.8 Å². The Morgan fingerprint density at radius 2 is 1.67 bits per heavy atom. The summed E-state index contributed by atoms with van der Waals surface area (Å²) < 4.78 is 10.0. The van der Waals surface area contributed by atoms with Gasteiger partial charge in [-0.2, -0.15) is 0 Å². The quantitative estimate of drug-likeness (QED) is 0.267. The number of phenols is 1. The molecule has 1 fully saturated rings. The van der Waals surface area contributed by atoms with E-state index in [-0.39, 0.29) is 32.6 Å². The van der Waals surface area contributed by atoms with Crippen LogP contribution in [0.1, 0.15) is 30.5 Å². The maximum Gasteiger partial charge on any atom is 0.348 e. The molecule has 1 aliphatic rings. The van der Waals surface area contributed by atoms with Gasteiger partial charge in [-0.15, -0.1) is 0 Å². The predicted octanol–water partition coefficient (Wildman–Crippen LogP) is 2.90. The Labute approximate surface area is 145 Å². The Kier molecular flexibility index (Phi) is 4.40. The molecule has 0 atom stereocenters. The molecule has 9 heteroatoms. The molecule has 1 saturated heterocycles. The first-order valence-electron chi connectivity index (χ1n) is 6.80. The molecule has 1 aliphatic heterocycles. The zero-order chi connectivity index (χ0) is 18.4. The summed E-state index contributed by atoms with van der Waals surface area (Å²) in [6, 6.07) is 0. The van der Waals surface area contributed by atoms with Crippen LogP contribution in [0.5, 0.6) is 5.75 Å². The fourth-order valence-electron chi connectivity index (χ4n) is 2.36. The minimum Gasteiger partial charge on any atom is -0.506 e. The van der Waals surface area contributed by atoms with Crippen LogP contribution in [0.2, 0.25) is 0 Å². The van der Waals surface area contributed by atoms with Crippen molar-refractivity contribution in [1.82, 2.24) is 0 Å². The van der Waals surface area contributed by atoms with Crippen molar-refractivity contribution in [3.05, 3.63) is 36.9 Å². The van der Waals surface area contributed by atoms with Crippen LogP contribution in [-0.2, 0) is 19.1 Å². The lowest BCUT2D eigenvalue weighted by atomic mass is 9.99. The Bertz CT molecular complexity index is 789. The number of esters is 2. The summed E-state index contributed by atoms with van der Waals surface area (Å²) in [5.41, 5.74) is -0.395. The van der Waals surface area contributed by atoms with Crippen molar-refractivity contribution < 1.29 is 29.1 Å². The van der Waals surface area contributed by atoms with Gasteiger partial charge in [0.05, 0.1) is 9.40 Å². The van der Waals surface area contributed by atoms with Crippen molar-refractivity contribution >= 4 is 39.6 Å². The van der Waals surface area contributed by atoms with Crippen molar-refractivity contribution in [1.29, 1.82) is 0 Å². The van der Waals surface area contributed by atoms with Crippen LogP contribution >= 0.6 is 15.9 Å². The summed E-state index contributed by atoms with van der Waals surface area (Å²) in [7, 11) is 0. The normalized spacial score (nSPS) is 16.5. The van der Waals surface area contributed by atoms with Crippen LogP contribution < -0.4 is 0 Å². The first-order chi connectivity index (χ1) is 11.0. The smallest absolute Gasteiger partial charge is 0.348 e. The van der Waals surface area contributed by atoms with Gasteiger partial charge in [0.1, 0.15) is 11.3 Å². The Morgan fingerprint density at radius 3 is 2.12 bits per heavy atom. The molecule has 1 heterocycles. The number of rotatable bonds is 2. The molecule has 0 unspecified atom stereocenters. The fourth-order valence-corrected chi connectivity index (χ4v) is 2.76. The highest BCUT2D eigenvalue weighted by atomic mass is 79.9. The highest BCUT2D eigenvalue weighted by Crippen LogP contribution is 2.42. The average molecular weight is 400 g/mol. The molecule has 0 saturated carbocycles. The van der Waals surface area contributed by atoms with E-state index in [2.05, 4.69) is 15.9 Å². The topological polar surface area (TPSA) is 116 Å². The van der Waals surface area contributed by atoms with Gasteiger partial charge in [0.25, 0.3) is 11.5 Å². The lowest BCUT2D eigenvalue weighted by molar-refractivity contribution is -0.386. The molecule has 24 heavy (non-hydrogen) atoms. The van der Waals surface area contributed by atoms with Gasteiger partial charge >= 0.3 is 11.9 Å². The third kappa shape index (κ3) is 2.99. The molecule has 0 aromatic heterocycles. The van der Waals surface area contributed by atoms with Crippen molar-refractivity contribution in [2.75, 3.05) is 0 Å². The summed E-state index contributed by atoms with van der Waals surface area (Å²) in [6.07, 6.45) is 1.03. The monoisotopic (exact) mass is 399 g/mol. The summed E-state index contributed by atoms with van der Waals surface area (Å²) in [4.78, 5) is 34.7. The van der Waals surface area contributed by atoms with Crippen LogP contribution in [0.4, 0.5) is 5.69 Å². The first-order valence-corrected chi connectivity index (χ1v) is 7.60. The van der Waals surface area contributed by atoms with Gasteiger partial charge in [-0.3, -0.25) is 10.1 Å². The van der Waals surface area contributed by atoms with Crippen LogP contribution in [0.15, 0.2) is 10.0 Å². The summed E-state index contributed by atoms with van der Waals surface area (Å²) in [5.74, 6) is -3.60. The fraction of sp³-hybridized carbons (Fsp3) is 0.333. The molecular weight excluding hydrogens is 386 g/mol. The standard InChI is InChI=1S/C15H14BrNO7/c1-6-8(12(18)10(16)7(2)11(6)17(21)22)5-9-13(19)23-15(3,4)24-14(9)20/h5,18H,1-4H3. The second-order valence-corrected chi connectivity index (χ2v) is 6.46. The molecule has 128 valence electrons. The number of aromatic hydroxyl groups is 1. The summed E-state index contributed by atoms with van der Waals surface area (Å²) >= 11 is 3.08. The van der Waals surface area contributed by atoms with Gasteiger partial charge < -0.3 is 14.6 Å². The Morgan fingerprint density at radius 1 is 1.17 bits per heavy atom. The lowest BCUT2D eigenvalue weighted by Gasteiger charge is -2.29. The number of hydrogen-bond acceptors (Lipinski definition) is 7. The maximum atomic E-state index is 12.0. The van der Waals surface area contributed by atoms with Crippen molar-refractivity contribution in [3.63, 3.8) is 0 Å². The molecule has 8 nitrogen and oxygen atoms in total. The van der Waals surface area contributed by atoms with E-state index in [1.165, 1.54) is 27.7 Å². The third-order valence-electron chi connectivity index (χ3n) is 3.49. The number of hydrogen-bond donors (Lipinski definition) is 1. The number of cyclic esters (lactones) is 2. The Hall–Kier alpha value is -2.42. The second kappa shape index (κ2) is 5.90. The maximum absolute atomic E-state index is 12.0. The van der Waals surface area contributed by atoms with Gasteiger partial charge in [-0.25, -0.2) is 9.59 Å². The number of carbonyl (C=O) groups is 2. The highest BCUT2D eigenvalue weighted by Gasteiger charge is 2.39. The minimum atomic E-state index is -1.40. The van der Waals surface area contributed by atoms with Gasteiger partial charge in [-0.05, 0) is 35.9 Å². The van der Waals surface area contributed by atoms with E-state index in [0.29, 0.717) is 0 Å². The Balaban J connectivity index is 2.68. The molecule has 1 N–H and O–H groups in total. The van der Waals surface area contributed by atoms with Crippen molar-refractivity contribution in [3.8, 4) is 5.75 Å². The molecule has 1 aromatic rings. The van der Waals surface area contributed by atoms with E-state index in [1.54, 1.807) is 0 Å². The summed E-state index contributed by atoms with van der Waals surface area (Å²) in [6.45, 7) is 5.68. The van der Waals surface area contributed by atoms with Gasteiger partial charge in [0.15, 0.2) is 0 Å². The molecule has 0 spiro atoms. The number of nitrogens with zero attached hydrogens (tertiary/aromatic N) is 1. The number of nitro benzene ring substituents is 1. The summed E-state index contributed by atoms with van der Waals surface area (Å²) in [5, 5.41) is 21.5. The molecular formula is C15H14BrNO7. The van der Waals surface area contributed by atoms with Crippen LogP contribution in [0, 0.1) is 24.0 Å². The molecule has 0 bridgehead atoms. The van der Waals surface area contributed by atoms with Gasteiger partial charge in [0.2, 0.25) is 0 Å². The molecule has 0 radical (unpaired) electrons. The first kappa shape index (κ1) is 17.9. The molecule has 0 amide bonds. The van der Waals surface area contributed by atoms with E-state index >= 15 is 0 Å². The predicted molar refractivity (Wildman–Crippen MR) is 86.2 cm³/mol. The van der Waals surface area contributed by atoms with Crippen molar-refractivity contribution in [2.24, 2.45) is 0 Å². The zero-order valence-electron chi connectivity index (χ0n) is 13.3. The van der Waals surface area contributed by atoms with Crippen LogP contribution in [-0.4, -0.2) is 27.8 Å². The highest BCUT2D eigenvalue weighted by molar-refractivity contribution is 9.10. The minimum absolute atomic E-state index is 0.0391. The molecule has 1 aromatic carbocycles. The zero-order valence-corrected chi connectivity index (χ0v) is 14.9. The number of halogens is 1. The molecule has 0 aliphatic carbocycles. The van der Waals surface area contributed by atoms with Crippen LogP contribution in [0.25, 0.3) is 6.08 Å². The average Bonchev–Trinajstić information content (AvgIpc) is 2.42. The second-order valence-electron chi connectivity index (χ2n) is 5.67. The SMILES string of the molecule is Cc1c(Br)c(O)c(C=C2C(=O)OC(C)(C)OC2=O)c(C)c1[N+](=O)[O-]. The number of phenolic OH excluding ortho intramolecular Hbond substituents is 1. The number of carbonyl (C=O) groups excluding carboxylic acids is 2. The van der Waals surface area contributed by atoms with E-state index < -0.39 is 28.2 Å². The van der Waals surface area contributed by atoms with Crippen molar-refractivity contribution in [2.45, 2.75) is 33.5 Å². The molecule has 2 rings (SSSR count). The number of nitro groups is 1. The van der Waals surface area contributed by atoms with Gasteiger partial charge in [-0.1, -0.05) is 0 Å². The van der Waals surface area contributed by atoms with E-state index in [0.717, 1.165) is 6.08 Å². The third-order valence-corrected chi connectivity index (χ3v) is 4.47.